The van der Waals surface area contributed by atoms with Gasteiger partial charge in [-0.05, 0) is 32.4 Å². The van der Waals surface area contributed by atoms with Crippen LogP contribution in [0, 0.1) is 13.8 Å². The van der Waals surface area contributed by atoms with Crippen LogP contribution in [0.25, 0.3) is 0 Å². The van der Waals surface area contributed by atoms with Crippen LogP contribution in [0.2, 0.25) is 0 Å². The number of hydrogen-bond acceptors (Lipinski definition) is 2. The van der Waals surface area contributed by atoms with Crippen molar-refractivity contribution in [3.05, 3.63) is 34.9 Å². The first-order valence-electron chi connectivity index (χ1n) is 6.18. The average Bonchev–Trinajstić information content (AvgIpc) is 2.32. The number of amides is 1. The Kier molecular flexibility index (Phi) is 5.17. The molecule has 1 fully saturated rings. The van der Waals surface area contributed by atoms with E-state index in [0.717, 1.165) is 36.3 Å². The molecule has 3 nitrogen and oxygen atoms in total. The second kappa shape index (κ2) is 6.21. The van der Waals surface area contributed by atoms with Gasteiger partial charge in [-0.15, -0.1) is 12.4 Å². The maximum Gasteiger partial charge on any atom is 0.254 e. The molecule has 0 unspecified atom stereocenters. The van der Waals surface area contributed by atoms with E-state index < -0.39 is 0 Å². The summed E-state index contributed by atoms with van der Waals surface area (Å²) in [5.41, 5.74) is 3.05. The molecule has 1 heterocycles. The van der Waals surface area contributed by atoms with Gasteiger partial charge in [0.25, 0.3) is 5.91 Å². The molecule has 4 heteroatoms. The smallest absolute Gasteiger partial charge is 0.254 e. The Balaban J connectivity index is 0.00000162. The number of rotatable bonds is 1. The number of nitrogens with one attached hydrogen (secondary N) is 1. The number of nitrogens with zero attached hydrogens (tertiary/aromatic N) is 1. The molecule has 0 bridgehead atoms. The zero-order valence-electron chi connectivity index (χ0n) is 11.2. The van der Waals surface area contributed by atoms with Crippen LogP contribution < -0.4 is 5.32 Å². The van der Waals surface area contributed by atoms with Crippen molar-refractivity contribution < 1.29 is 4.79 Å². The Morgan fingerprint density at radius 3 is 2.78 bits per heavy atom. The Bertz CT molecular complexity index is 434. The minimum atomic E-state index is 0. The van der Waals surface area contributed by atoms with Crippen molar-refractivity contribution in [2.75, 3.05) is 19.6 Å². The summed E-state index contributed by atoms with van der Waals surface area (Å²) in [6.07, 6.45) is 0. The van der Waals surface area contributed by atoms with Crippen LogP contribution in [0.1, 0.15) is 28.4 Å². The molecule has 0 saturated carbocycles. The van der Waals surface area contributed by atoms with Gasteiger partial charge in [-0.3, -0.25) is 4.79 Å². The van der Waals surface area contributed by atoms with Crippen LogP contribution in [0.15, 0.2) is 18.2 Å². The molecule has 1 aromatic carbocycles. The summed E-state index contributed by atoms with van der Waals surface area (Å²) in [7, 11) is 0. The molecular formula is C14H21ClN2O. The highest BCUT2D eigenvalue weighted by molar-refractivity contribution is 5.96. The van der Waals surface area contributed by atoms with Crippen molar-refractivity contribution in [1.82, 2.24) is 10.2 Å². The monoisotopic (exact) mass is 268 g/mol. The number of hydrogen-bond donors (Lipinski definition) is 1. The molecule has 2 rings (SSSR count). The zero-order chi connectivity index (χ0) is 12.4. The Morgan fingerprint density at radius 2 is 2.11 bits per heavy atom. The number of halogens is 1. The molecule has 1 aliphatic heterocycles. The third-order valence-corrected chi connectivity index (χ3v) is 3.39. The lowest BCUT2D eigenvalue weighted by Crippen LogP contribution is -2.52. The molecule has 1 N–H and O–H groups in total. The van der Waals surface area contributed by atoms with Crippen LogP contribution in [0.4, 0.5) is 0 Å². The van der Waals surface area contributed by atoms with Gasteiger partial charge in [-0.2, -0.15) is 0 Å². The summed E-state index contributed by atoms with van der Waals surface area (Å²) in [5, 5.41) is 3.30. The first-order valence-corrected chi connectivity index (χ1v) is 6.18. The fourth-order valence-corrected chi connectivity index (χ4v) is 2.26. The molecule has 0 radical (unpaired) electrons. The summed E-state index contributed by atoms with van der Waals surface area (Å²) in [5.74, 6) is 0.167. The molecule has 18 heavy (non-hydrogen) atoms. The van der Waals surface area contributed by atoms with Gasteiger partial charge in [-0.1, -0.05) is 17.7 Å². The highest BCUT2D eigenvalue weighted by atomic mass is 35.5. The number of carbonyl (C=O) groups is 1. The van der Waals surface area contributed by atoms with E-state index in [0.29, 0.717) is 0 Å². The van der Waals surface area contributed by atoms with Crippen LogP contribution in [-0.4, -0.2) is 36.5 Å². The molecule has 1 saturated heterocycles. The van der Waals surface area contributed by atoms with Gasteiger partial charge in [0.1, 0.15) is 0 Å². The van der Waals surface area contributed by atoms with Crippen LogP contribution in [0.5, 0.6) is 0 Å². The molecule has 1 amide bonds. The maximum absolute atomic E-state index is 12.5. The predicted molar refractivity (Wildman–Crippen MR) is 76.5 cm³/mol. The van der Waals surface area contributed by atoms with E-state index in [9.17, 15) is 4.79 Å². The van der Waals surface area contributed by atoms with E-state index >= 15 is 0 Å². The van der Waals surface area contributed by atoms with Gasteiger partial charge < -0.3 is 10.2 Å². The molecule has 1 aromatic rings. The van der Waals surface area contributed by atoms with Gasteiger partial charge in [0, 0.05) is 31.2 Å². The molecule has 0 spiro atoms. The number of aryl methyl sites for hydroxylation is 2. The summed E-state index contributed by atoms with van der Waals surface area (Å²) in [4.78, 5) is 14.5. The Labute approximate surface area is 115 Å². The third-order valence-electron chi connectivity index (χ3n) is 3.39. The minimum Gasteiger partial charge on any atom is -0.333 e. The van der Waals surface area contributed by atoms with Gasteiger partial charge in [0.2, 0.25) is 0 Å². The lowest BCUT2D eigenvalue weighted by atomic mass is 10.0. The van der Waals surface area contributed by atoms with Crippen LogP contribution in [0.3, 0.4) is 0 Å². The Hall–Kier alpha value is -1.06. The minimum absolute atomic E-state index is 0. The van der Waals surface area contributed by atoms with Crippen molar-refractivity contribution in [3.8, 4) is 0 Å². The van der Waals surface area contributed by atoms with E-state index in [2.05, 4.69) is 12.2 Å². The average molecular weight is 269 g/mol. The van der Waals surface area contributed by atoms with E-state index in [-0.39, 0.29) is 24.4 Å². The maximum atomic E-state index is 12.5. The summed E-state index contributed by atoms with van der Waals surface area (Å²) < 4.78 is 0. The van der Waals surface area contributed by atoms with Crippen molar-refractivity contribution in [2.45, 2.75) is 26.8 Å². The van der Waals surface area contributed by atoms with Gasteiger partial charge in [0.05, 0.1) is 0 Å². The second-order valence-corrected chi connectivity index (χ2v) is 4.87. The number of piperazine rings is 1. The van der Waals surface area contributed by atoms with Crippen LogP contribution >= 0.6 is 12.4 Å². The normalized spacial score (nSPS) is 19.3. The molecule has 0 aliphatic carbocycles. The van der Waals surface area contributed by atoms with Crippen molar-refractivity contribution in [3.63, 3.8) is 0 Å². The molecule has 1 aliphatic rings. The standard InChI is InChI=1S/C14H20N2O.ClH/c1-10-4-5-11(2)13(8-10)14(17)16-7-6-15-9-12(16)3;/h4-5,8,12,15H,6-7,9H2,1-3H3;1H/t12-;/m0./s1. The molecule has 100 valence electrons. The second-order valence-electron chi connectivity index (χ2n) is 4.87. The first kappa shape index (κ1) is 15.0. The predicted octanol–water partition coefficient (Wildman–Crippen LogP) is 2.16. The molecule has 0 aromatic heterocycles. The van der Waals surface area contributed by atoms with Crippen molar-refractivity contribution >= 4 is 18.3 Å². The topological polar surface area (TPSA) is 32.3 Å². The van der Waals surface area contributed by atoms with Crippen molar-refractivity contribution in [2.24, 2.45) is 0 Å². The lowest BCUT2D eigenvalue weighted by Gasteiger charge is -2.34. The van der Waals surface area contributed by atoms with Gasteiger partial charge in [0.15, 0.2) is 0 Å². The first-order chi connectivity index (χ1) is 8.09. The number of carbonyl (C=O) groups excluding carboxylic acids is 1. The molecule has 1 atom stereocenters. The lowest BCUT2D eigenvalue weighted by molar-refractivity contribution is 0.0655. The summed E-state index contributed by atoms with van der Waals surface area (Å²) in [6.45, 7) is 8.69. The van der Waals surface area contributed by atoms with E-state index in [4.69, 9.17) is 0 Å². The van der Waals surface area contributed by atoms with Gasteiger partial charge >= 0.3 is 0 Å². The fourth-order valence-electron chi connectivity index (χ4n) is 2.26. The summed E-state index contributed by atoms with van der Waals surface area (Å²) >= 11 is 0. The number of benzene rings is 1. The highest BCUT2D eigenvalue weighted by Crippen LogP contribution is 2.15. The van der Waals surface area contributed by atoms with Crippen LogP contribution in [-0.2, 0) is 0 Å². The van der Waals surface area contributed by atoms with E-state index in [1.807, 2.05) is 36.9 Å². The van der Waals surface area contributed by atoms with E-state index in [1.165, 1.54) is 0 Å². The third kappa shape index (κ3) is 3.03. The Morgan fingerprint density at radius 1 is 1.39 bits per heavy atom. The zero-order valence-corrected chi connectivity index (χ0v) is 12.0. The molecular weight excluding hydrogens is 248 g/mol. The van der Waals surface area contributed by atoms with Gasteiger partial charge in [-0.25, -0.2) is 0 Å². The fraction of sp³-hybridized carbons (Fsp3) is 0.500. The van der Waals surface area contributed by atoms with E-state index in [1.54, 1.807) is 0 Å². The SMILES string of the molecule is Cc1ccc(C)c(C(=O)N2CCNC[C@@H]2C)c1.Cl. The highest BCUT2D eigenvalue weighted by Gasteiger charge is 2.24. The summed E-state index contributed by atoms with van der Waals surface area (Å²) in [6, 6.07) is 6.34. The quantitative estimate of drug-likeness (QED) is 0.847. The largest absolute Gasteiger partial charge is 0.333 e. The van der Waals surface area contributed by atoms with Crippen molar-refractivity contribution in [1.29, 1.82) is 0 Å².